The number of nitrogens with zero attached hydrogens (tertiary/aromatic N) is 3. The maximum absolute atomic E-state index is 2.68. The van der Waals surface area contributed by atoms with Gasteiger partial charge in [-0.3, -0.25) is 0 Å². The SMILES string of the molecule is Cc1ccc2c(c1)c1cc(C)cc3c1n2-c1cc2c4ccc(N(c5ccc(C(C)(C)c6ccccc6)cc5)c5ccc(C(C)(C)c6ccccc6)cc5)cc4c4ccccc4c2c2c1B3c1cc(C)cc3c4cc(C)ccc4n-2c13. The monoisotopic (exact) mass is 1030 g/mol. The van der Waals surface area contributed by atoms with E-state index in [0.717, 1.165) is 17.1 Å². The molecule has 80 heavy (non-hydrogen) atoms. The van der Waals surface area contributed by atoms with Crippen LogP contribution >= 0.6 is 0 Å². The fourth-order valence-corrected chi connectivity index (χ4v) is 14.8. The molecule has 382 valence electrons. The van der Waals surface area contributed by atoms with Crippen LogP contribution in [0.25, 0.3) is 87.3 Å². The molecular formula is C76H60BN3. The van der Waals surface area contributed by atoms with Gasteiger partial charge < -0.3 is 14.0 Å². The Morgan fingerprint density at radius 1 is 0.338 bits per heavy atom. The van der Waals surface area contributed by atoms with Crippen molar-refractivity contribution in [3.05, 3.63) is 263 Å². The molecule has 4 heteroatoms. The van der Waals surface area contributed by atoms with Crippen molar-refractivity contribution in [1.29, 1.82) is 0 Å². The average molecular weight is 1030 g/mol. The van der Waals surface area contributed by atoms with Crippen LogP contribution in [-0.2, 0) is 10.8 Å². The van der Waals surface area contributed by atoms with E-state index in [4.69, 9.17) is 0 Å². The van der Waals surface area contributed by atoms with Crippen molar-refractivity contribution in [3.8, 4) is 11.4 Å². The Morgan fingerprint density at radius 3 is 1.34 bits per heavy atom. The van der Waals surface area contributed by atoms with Crippen molar-refractivity contribution in [2.75, 3.05) is 4.90 Å². The van der Waals surface area contributed by atoms with E-state index in [-0.39, 0.29) is 17.5 Å². The van der Waals surface area contributed by atoms with Crippen LogP contribution in [0.4, 0.5) is 17.1 Å². The first kappa shape index (κ1) is 46.9. The number of aryl methyl sites for hydroxylation is 4. The second-order valence-electron chi connectivity index (χ2n) is 24.4. The van der Waals surface area contributed by atoms with Gasteiger partial charge in [0.05, 0.1) is 16.7 Å². The van der Waals surface area contributed by atoms with Crippen molar-refractivity contribution in [3.63, 3.8) is 0 Å². The third-order valence-corrected chi connectivity index (χ3v) is 18.8. The predicted octanol–water partition coefficient (Wildman–Crippen LogP) is 17.8. The van der Waals surface area contributed by atoms with E-state index in [0.29, 0.717) is 0 Å². The van der Waals surface area contributed by atoms with Crippen LogP contribution in [0.2, 0.25) is 0 Å². The Bertz CT molecular complexity index is 4870. The zero-order valence-electron chi connectivity index (χ0n) is 46.7. The van der Waals surface area contributed by atoms with Gasteiger partial charge >= 0.3 is 0 Å². The maximum atomic E-state index is 2.68. The molecule has 0 saturated carbocycles. The highest BCUT2D eigenvalue weighted by molar-refractivity contribution is 7.00. The summed E-state index contributed by atoms with van der Waals surface area (Å²) >= 11 is 0. The van der Waals surface area contributed by atoms with Crippen LogP contribution in [-0.4, -0.2) is 15.8 Å². The lowest BCUT2D eigenvalue weighted by Gasteiger charge is -2.35. The van der Waals surface area contributed by atoms with Gasteiger partial charge in [0.2, 0.25) is 0 Å². The lowest BCUT2D eigenvalue weighted by atomic mass is 9.34. The van der Waals surface area contributed by atoms with Crippen LogP contribution < -0.4 is 21.3 Å². The highest BCUT2D eigenvalue weighted by atomic mass is 15.1. The standard InChI is InChI=1S/C76H60BN3/c1-45-23-35-67-60(37-45)63-39-47(3)41-65-72(63)79(67)69-44-62-57-34-33-55(78(53-29-25-51(26-30-53)75(5,6)49-17-11-9-12-18-49)54-31-27-52(28-32-54)76(7,8)50-19-13-10-14-20-50)43-59(57)56-21-15-16-22-58(56)70(62)74-71(69)77(65)66-42-48(4)40-64-61-38-46(2)24-36-68(61)80(74)73(64)66/h9-44H,1-8H3. The topological polar surface area (TPSA) is 13.1 Å². The molecule has 16 rings (SSSR count). The molecule has 3 nitrogen and oxygen atoms in total. The quantitative estimate of drug-likeness (QED) is 0.115. The normalized spacial score (nSPS) is 13.0. The summed E-state index contributed by atoms with van der Waals surface area (Å²) < 4.78 is 5.33. The summed E-state index contributed by atoms with van der Waals surface area (Å²) in [6.07, 6.45) is 0. The van der Waals surface area contributed by atoms with Crippen LogP contribution in [0.1, 0.15) is 72.2 Å². The summed E-state index contributed by atoms with van der Waals surface area (Å²) in [7, 11) is 0. The van der Waals surface area contributed by atoms with Crippen LogP contribution in [0.5, 0.6) is 0 Å². The Balaban J connectivity index is 0.990. The van der Waals surface area contributed by atoms with Crippen LogP contribution in [0.3, 0.4) is 0 Å². The Morgan fingerprint density at radius 2 is 0.787 bits per heavy atom. The molecule has 14 aromatic rings. The van der Waals surface area contributed by atoms with E-state index >= 15 is 0 Å². The second-order valence-corrected chi connectivity index (χ2v) is 24.4. The fraction of sp³-hybridized carbons (Fsp3) is 0.132. The summed E-state index contributed by atoms with van der Waals surface area (Å²) in [4.78, 5) is 2.46. The zero-order valence-corrected chi connectivity index (χ0v) is 46.7. The van der Waals surface area contributed by atoms with Crippen LogP contribution in [0, 0.1) is 27.7 Å². The summed E-state index contributed by atoms with van der Waals surface area (Å²) in [5.74, 6) is 0. The smallest absolute Gasteiger partial charge is 0.252 e. The van der Waals surface area contributed by atoms with E-state index in [1.165, 1.54) is 148 Å². The summed E-state index contributed by atoms with van der Waals surface area (Å²) in [6.45, 7) is 18.4. The van der Waals surface area contributed by atoms with Crippen molar-refractivity contribution >= 4 is 116 Å². The molecule has 4 heterocycles. The molecule has 0 amide bonds. The first-order valence-electron chi connectivity index (χ1n) is 28.5. The number of rotatable bonds is 7. The van der Waals surface area contributed by atoms with Crippen molar-refractivity contribution < 1.29 is 0 Å². The molecule has 0 spiro atoms. The molecule has 2 aliphatic heterocycles. The minimum atomic E-state index is -0.173. The first-order valence-corrected chi connectivity index (χ1v) is 28.5. The third kappa shape index (κ3) is 6.51. The number of hydrogen-bond donors (Lipinski definition) is 0. The fourth-order valence-electron chi connectivity index (χ4n) is 14.8. The summed E-state index contributed by atoms with van der Waals surface area (Å²) in [5.41, 5.74) is 25.2. The Labute approximate surface area is 468 Å². The van der Waals surface area contributed by atoms with E-state index < -0.39 is 0 Å². The number of benzene rings is 12. The molecule has 0 bridgehead atoms. The third-order valence-electron chi connectivity index (χ3n) is 18.8. The number of anilines is 3. The molecule has 0 saturated heterocycles. The number of aromatic nitrogens is 2. The Kier molecular flexibility index (Phi) is 9.80. The van der Waals surface area contributed by atoms with Gasteiger partial charge in [-0.05, 0) is 172 Å². The highest BCUT2D eigenvalue weighted by Gasteiger charge is 2.42. The van der Waals surface area contributed by atoms with Gasteiger partial charge in [0.1, 0.15) is 0 Å². The first-order chi connectivity index (χ1) is 38.8. The molecule has 2 aromatic heterocycles. The molecular weight excluding hydrogens is 966 g/mol. The van der Waals surface area contributed by atoms with Gasteiger partial charge in [0.15, 0.2) is 0 Å². The average Bonchev–Trinajstić information content (AvgIpc) is 2.47. The lowest BCUT2D eigenvalue weighted by Crippen LogP contribution is -2.59. The minimum Gasteiger partial charge on any atom is -0.310 e. The van der Waals surface area contributed by atoms with Crippen molar-refractivity contribution in [1.82, 2.24) is 9.13 Å². The maximum Gasteiger partial charge on any atom is 0.252 e. The minimum absolute atomic E-state index is 0.0322. The number of hydrogen-bond acceptors (Lipinski definition) is 1. The molecule has 2 aliphatic rings. The van der Waals surface area contributed by atoms with Gasteiger partial charge in [-0.1, -0.05) is 189 Å². The number of fused-ring (bicyclic) bond motifs is 17. The predicted molar refractivity (Wildman–Crippen MR) is 343 cm³/mol. The van der Waals surface area contributed by atoms with Crippen LogP contribution in [0.15, 0.2) is 218 Å². The Hall–Kier alpha value is -9.12. The lowest BCUT2D eigenvalue weighted by molar-refractivity contribution is 0.641. The van der Waals surface area contributed by atoms with Gasteiger partial charge in [-0.2, -0.15) is 0 Å². The summed E-state index contributed by atoms with van der Waals surface area (Å²) in [5, 5.41) is 12.9. The molecule has 0 N–H and O–H groups in total. The zero-order chi connectivity index (χ0) is 54.1. The molecule has 12 aromatic carbocycles. The van der Waals surface area contributed by atoms with E-state index in [9.17, 15) is 0 Å². The molecule has 0 unspecified atom stereocenters. The second kappa shape index (κ2) is 16.7. The van der Waals surface area contributed by atoms with E-state index in [1.54, 1.807) is 0 Å². The van der Waals surface area contributed by atoms with Crippen molar-refractivity contribution in [2.24, 2.45) is 0 Å². The van der Waals surface area contributed by atoms with Gasteiger partial charge in [0.25, 0.3) is 6.71 Å². The van der Waals surface area contributed by atoms with Gasteiger partial charge in [0, 0.05) is 71.5 Å². The highest BCUT2D eigenvalue weighted by Crippen LogP contribution is 2.48. The molecule has 0 atom stereocenters. The molecule has 0 radical (unpaired) electrons. The van der Waals surface area contributed by atoms with Gasteiger partial charge in [-0.25, -0.2) is 0 Å². The largest absolute Gasteiger partial charge is 0.310 e. The summed E-state index contributed by atoms with van der Waals surface area (Å²) in [6, 6.07) is 83.6. The van der Waals surface area contributed by atoms with Gasteiger partial charge in [-0.15, -0.1) is 0 Å². The molecule has 0 fully saturated rings. The van der Waals surface area contributed by atoms with Crippen molar-refractivity contribution in [2.45, 2.75) is 66.2 Å². The van der Waals surface area contributed by atoms with E-state index in [2.05, 4.69) is 288 Å². The molecule has 0 aliphatic carbocycles. The van der Waals surface area contributed by atoms with E-state index in [1.807, 2.05) is 0 Å².